The quantitative estimate of drug-likeness (QED) is 0.630. The van der Waals surface area contributed by atoms with E-state index in [1.807, 2.05) is 6.07 Å². The summed E-state index contributed by atoms with van der Waals surface area (Å²) in [6.07, 6.45) is 5.01. The summed E-state index contributed by atoms with van der Waals surface area (Å²) in [7, 11) is 0. The Labute approximate surface area is 132 Å². The maximum absolute atomic E-state index is 11.9. The Hall–Kier alpha value is -2.96. The third kappa shape index (κ3) is 3.82. The summed E-state index contributed by atoms with van der Waals surface area (Å²) < 4.78 is 0. The van der Waals surface area contributed by atoms with Gasteiger partial charge in [-0.25, -0.2) is 4.98 Å². The zero-order chi connectivity index (χ0) is 16.1. The fourth-order valence-electron chi connectivity index (χ4n) is 2.33. The minimum Gasteiger partial charge on any atom is -0.356 e. The Morgan fingerprint density at radius 2 is 2.09 bits per heavy atom. The summed E-state index contributed by atoms with van der Waals surface area (Å²) >= 11 is 0. The van der Waals surface area contributed by atoms with Gasteiger partial charge in [0.05, 0.1) is 17.1 Å². The first-order valence-corrected chi connectivity index (χ1v) is 7.44. The predicted molar refractivity (Wildman–Crippen MR) is 86.0 cm³/mol. The van der Waals surface area contributed by atoms with Crippen molar-refractivity contribution >= 4 is 16.8 Å². The van der Waals surface area contributed by atoms with E-state index in [4.69, 9.17) is 0 Å². The van der Waals surface area contributed by atoms with Crippen LogP contribution in [-0.4, -0.2) is 32.6 Å². The van der Waals surface area contributed by atoms with Gasteiger partial charge in [0.25, 0.3) is 5.56 Å². The van der Waals surface area contributed by atoms with E-state index in [0.29, 0.717) is 42.5 Å². The first-order chi connectivity index (χ1) is 11.2. The van der Waals surface area contributed by atoms with Crippen LogP contribution in [0.2, 0.25) is 0 Å². The second-order valence-electron chi connectivity index (χ2n) is 5.24. The average molecular weight is 311 g/mol. The van der Waals surface area contributed by atoms with Crippen molar-refractivity contribution in [1.82, 2.24) is 25.5 Å². The molecule has 0 aliphatic heterocycles. The maximum atomic E-state index is 11.9. The minimum atomic E-state index is -0.156. The number of aromatic nitrogens is 4. The SMILES string of the molecule is O=C(CCc1cn[nH]c1)NCCc1nc2ccccc2c(=O)[nH]1. The normalized spacial score (nSPS) is 10.8. The van der Waals surface area contributed by atoms with Gasteiger partial charge in [-0.1, -0.05) is 12.1 Å². The predicted octanol–water partition coefficient (Wildman–Crippen LogP) is 0.938. The lowest BCUT2D eigenvalue weighted by Gasteiger charge is -2.05. The molecular formula is C16H17N5O2. The summed E-state index contributed by atoms with van der Waals surface area (Å²) in [5, 5.41) is 9.95. The zero-order valence-electron chi connectivity index (χ0n) is 12.5. The minimum absolute atomic E-state index is 0.0330. The number of aryl methyl sites for hydroxylation is 1. The molecule has 2 aromatic heterocycles. The lowest BCUT2D eigenvalue weighted by molar-refractivity contribution is -0.121. The highest BCUT2D eigenvalue weighted by atomic mass is 16.1. The summed E-state index contributed by atoms with van der Waals surface area (Å²) in [5.41, 5.74) is 1.51. The number of amides is 1. The van der Waals surface area contributed by atoms with Gasteiger partial charge in [-0.2, -0.15) is 5.10 Å². The topological polar surface area (TPSA) is 104 Å². The van der Waals surface area contributed by atoms with Crippen molar-refractivity contribution in [2.24, 2.45) is 0 Å². The van der Waals surface area contributed by atoms with Crippen molar-refractivity contribution in [2.45, 2.75) is 19.3 Å². The van der Waals surface area contributed by atoms with Gasteiger partial charge >= 0.3 is 0 Å². The fourth-order valence-corrected chi connectivity index (χ4v) is 2.33. The lowest BCUT2D eigenvalue weighted by atomic mass is 10.2. The molecule has 7 heteroatoms. The Balaban J connectivity index is 1.52. The molecule has 0 radical (unpaired) electrons. The molecule has 7 nitrogen and oxygen atoms in total. The average Bonchev–Trinajstić information content (AvgIpc) is 3.06. The standard InChI is InChI=1S/C16H17N5O2/c22-15(6-5-11-9-18-19-10-11)17-8-7-14-20-13-4-2-1-3-12(13)16(23)21-14/h1-4,9-10H,5-8H2,(H,17,22)(H,18,19)(H,20,21,23). The maximum Gasteiger partial charge on any atom is 0.258 e. The molecule has 0 unspecified atom stereocenters. The largest absolute Gasteiger partial charge is 0.356 e. The van der Waals surface area contributed by atoms with E-state index in [0.717, 1.165) is 5.56 Å². The highest BCUT2D eigenvalue weighted by Gasteiger charge is 2.05. The number of rotatable bonds is 6. The van der Waals surface area contributed by atoms with Gasteiger partial charge in [0.2, 0.25) is 5.91 Å². The lowest BCUT2D eigenvalue weighted by Crippen LogP contribution is -2.27. The molecule has 3 N–H and O–H groups in total. The van der Waals surface area contributed by atoms with Crippen molar-refractivity contribution < 1.29 is 4.79 Å². The van der Waals surface area contributed by atoms with E-state index in [-0.39, 0.29) is 11.5 Å². The molecule has 3 rings (SSSR count). The number of carbonyl (C=O) groups is 1. The summed E-state index contributed by atoms with van der Waals surface area (Å²) in [6.45, 7) is 0.436. The van der Waals surface area contributed by atoms with E-state index >= 15 is 0 Å². The van der Waals surface area contributed by atoms with Crippen LogP contribution in [0.1, 0.15) is 17.8 Å². The van der Waals surface area contributed by atoms with Crippen LogP contribution >= 0.6 is 0 Å². The van der Waals surface area contributed by atoms with Gasteiger partial charge in [0.15, 0.2) is 0 Å². The van der Waals surface area contributed by atoms with Crippen LogP contribution in [0.5, 0.6) is 0 Å². The molecule has 0 aliphatic rings. The first-order valence-electron chi connectivity index (χ1n) is 7.44. The number of H-pyrrole nitrogens is 2. The summed E-state index contributed by atoms with van der Waals surface area (Å²) in [5.74, 6) is 0.540. The van der Waals surface area contributed by atoms with E-state index in [1.165, 1.54) is 0 Å². The molecule has 1 aromatic carbocycles. The zero-order valence-corrected chi connectivity index (χ0v) is 12.5. The number of nitrogens with zero attached hydrogens (tertiary/aromatic N) is 2. The second kappa shape index (κ2) is 6.87. The number of benzene rings is 1. The van der Waals surface area contributed by atoms with Crippen LogP contribution in [0, 0.1) is 0 Å². The fraction of sp³-hybridized carbons (Fsp3) is 0.250. The molecule has 2 heterocycles. The number of hydrogen-bond acceptors (Lipinski definition) is 4. The molecule has 0 aliphatic carbocycles. The second-order valence-corrected chi connectivity index (χ2v) is 5.24. The van der Waals surface area contributed by atoms with Gasteiger partial charge in [-0.15, -0.1) is 0 Å². The highest BCUT2D eigenvalue weighted by Crippen LogP contribution is 2.05. The van der Waals surface area contributed by atoms with Crippen LogP contribution in [0.15, 0.2) is 41.5 Å². The number of aromatic amines is 2. The molecule has 0 fully saturated rings. The van der Waals surface area contributed by atoms with Crippen molar-refractivity contribution in [3.8, 4) is 0 Å². The van der Waals surface area contributed by atoms with E-state index in [2.05, 4.69) is 25.5 Å². The van der Waals surface area contributed by atoms with E-state index in [1.54, 1.807) is 30.6 Å². The Morgan fingerprint density at radius 1 is 1.22 bits per heavy atom. The summed E-state index contributed by atoms with van der Waals surface area (Å²) in [4.78, 5) is 30.9. The van der Waals surface area contributed by atoms with Crippen molar-refractivity contribution in [1.29, 1.82) is 0 Å². The molecule has 0 bridgehead atoms. The number of para-hydroxylation sites is 1. The molecule has 23 heavy (non-hydrogen) atoms. The van der Waals surface area contributed by atoms with Crippen LogP contribution in [0.3, 0.4) is 0 Å². The highest BCUT2D eigenvalue weighted by molar-refractivity contribution is 5.77. The van der Waals surface area contributed by atoms with Crippen molar-refractivity contribution in [3.05, 3.63) is 58.4 Å². The third-order valence-electron chi connectivity index (χ3n) is 3.54. The Kier molecular flexibility index (Phi) is 4.46. The molecule has 118 valence electrons. The van der Waals surface area contributed by atoms with Crippen molar-refractivity contribution in [3.63, 3.8) is 0 Å². The number of fused-ring (bicyclic) bond motifs is 1. The summed E-state index contributed by atoms with van der Waals surface area (Å²) in [6, 6.07) is 7.19. The Bertz CT molecular complexity index is 854. The Morgan fingerprint density at radius 3 is 2.91 bits per heavy atom. The molecule has 0 spiro atoms. The van der Waals surface area contributed by atoms with Crippen molar-refractivity contribution in [2.75, 3.05) is 6.54 Å². The third-order valence-corrected chi connectivity index (χ3v) is 3.54. The van der Waals surface area contributed by atoms with Gasteiger partial charge in [-0.3, -0.25) is 14.7 Å². The van der Waals surface area contributed by atoms with Crippen LogP contribution in [0.25, 0.3) is 10.9 Å². The first kappa shape index (κ1) is 15.0. The molecule has 0 atom stereocenters. The van der Waals surface area contributed by atoms with E-state index in [9.17, 15) is 9.59 Å². The van der Waals surface area contributed by atoms with Crippen LogP contribution in [0.4, 0.5) is 0 Å². The number of hydrogen-bond donors (Lipinski definition) is 3. The van der Waals surface area contributed by atoms with Gasteiger partial charge < -0.3 is 10.3 Å². The molecular weight excluding hydrogens is 294 g/mol. The number of nitrogens with one attached hydrogen (secondary N) is 3. The molecule has 3 aromatic rings. The van der Waals surface area contributed by atoms with Gasteiger partial charge in [-0.05, 0) is 24.1 Å². The molecule has 0 saturated heterocycles. The monoisotopic (exact) mass is 311 g/mol. The van der Waals surface area contributed by atoms with Gasteiger partial charge in [0.1, 0.15) is 5.82 Å². The van der Waals surface area contributed by atoms with E-state index < -0.39 is 0 Å². The van der Waals surface area contributed by atoms with Gasteiger partial charge in [0, 0.05) is 25.6 Å². The van der Waals surface area contributed by atoms with Crippen LogP contribution < -0.4 is 10.9 Å². The van der Waals surface area contributed by atoms with Crippen LogP contribution in [-0.2, 0) is 17.6 Å². The smallest absolute Gasteiger partial charge is 0.258 e. The molecule has 1 amide bonds. The number of carbonyl (C=O) groups excluding carboxylic acids is 1. The molecule has 0 saturated carbocycles.